The van der Waals surface area contributed by atoms with E-state index in [0.717, 1.165) is 22.6 Å². The van der Waals surface area contributed by atoms with Crippen LogP contribution in [-0.2, 0) is 27.1 Å². The molecule has 5 rings (SSSR count). The average Bonchev–Trinajstić information content (AvgIpc) is 3.37. The van der Waals surface area contributed by atoms with Gasteiger partial charge in [0, 0.05) is 5.56 Å². The molecule has 4 aromatic rings. The minimum absolute atomic E-state index is 0.160. The Balaban J connectivity index is 1.44. The Kier molecular flexibility index (Phi) is 10.7. The second-order valence-corrected chi connectivity index (χ2v) is 17.0. The van der Waals surface area contributed by atoms with Crippen LogP contribution < -0.4 is 25.2 Å². The summed E-state index contributed by atoms with van der Waals surface area (Å²) in [7, 11) is 0.549. The van der Waals surface area contributed by atoms with E-state index in [0.29, 0.717) is 24.8 Å². The molecule has 0 saturated carbocycles. The summed E-state index contributed by atoms with van der Waals surface area (Å²) in [4.78, 5) is 0.615. The molecule has 0 radical (unpaired) electrons. The van der Waals surface area contributed by atoms with E-state index >= 15 is 0 Å². The quantitative estimate of drug-likeness (QED) is 0.141. The largest absolute Gasteiger partial charge is 0.497 e. The molecule has 1 fully saturated rings. The second-order valence-electron chi connectivity index (χ2n) is 12.3. The fraction of sp³-hybridized carbons (Fsp3) is 0.324. The number of nitrogens with one attached hydrogen (secondary N) is 1. The summed E-state index contributed by atoms with van der Waals surface area (Å²) in [6.07, 6.45) is -0.844. The van der Waals surface area contributed by atoms with E-state index < -0.39 is 14.4 Å². The Labute approximate surface area is 273 Å². The lowest BCUT2D eigenvalue weighted by atomic mass is 10.1. The van der Waals surface area contributed by atoms with Gasteiger partial charge in [-0.1, -0.05) is 124 Å². The van der Waals surface area contributed by atoms with Crippen molar-refractivity contribution >= 4 is 35.9 Å². The first-order chi connectivity index (χ1) is 21.8. The standard InChI is InChI=1S/C37H43NO5SSi/c1-37(2,3)45(30-15-8-6-9-16-30,31-17-10-7-11-18-31)43-26-32-34(42-25-28-14-12-13-19-33(28)40-5)35(36(44)38-32)41-24-27-20-22-29(39-4)23-21-27/h6-23,32,34-35H,24-26H2,1-5H3,(H,38,44). The fourth-order valence-electron chi connectivity index (χ4n) is 6.11. The summed E-state index contributed by atoms with van der Waals surface area (Å²) in [6, 6.07) is 36.8. The van der Waals surface area contributed by atoms with Gasteiger partial charge in [0.1, 0.15) is 28.7 Å². The van der Waals surface area contributed by atoms with Gasteiger partial charge in [0.2, 0.25) is 0 Å². The number of ether oxygens (including phenoxy) is 4. The zero-order chi connectivity index (χ0) is 31.9. The molecular formula is C37H43NO5SSi. The molecular weight excluding hydrogens is 599 g/mol. The van der Waals surface area contributed by atoms with Gasteiger partial charge >= 0.3 is 0 Å². The molecule has 3 atom stereocenters. The lowest BCUT2D eigenvalue weighted by Crippen LogP contribution is -2.67. The zero-order valence-electron chi connectivity index (χ0n) is 26.7. The smallest absolute Gasteiger partial charge is 0.261 e. The van der Waals surface area contributed by atoms with E-state index in [1.807, 2.05) is 48.5 Å². The van der Waals surface area contributed by atoms with Gasteiger partial charge in [-0.15, -0.1) is 0 Å². The van der Waals surface area contributed by atoms with E-state index in [-0.39, 0.29) is 17.2 Å². The van der Waals surface area contributed by atoms with Crippen molar-refractivity contribution < 1.29 is 23.4 Å². The lowest BCUT2D eigenvalue weighted by Gasteiger charge is -2.43. The molecule has 4 aromatic carbocycles. The maximum Gasteiger partial charge on any atom is 0.261 e. The molecule has 1 N–H and O–H groups in total. The van der Waals surface area contributed by atoms with E-state index in [1.54, 1.807) is 14.2 Å². The molecule has 0 bridgehead atoms. The van der Waals surface area contributed by atoms with Gasteiger partial charge in [-0.3, -0.25) is 0 Å². The predicted octanol–water partition coefficient (Wildman–Crippen LogP) is 6.05. The zero-order valence-corrected chi connectivity index (χ0v) is 28.5. The highest BCUT2D eigenvalue weighted by atomic mass is 32.1. The minimum Gasteiger partial charge on any atom is -0.497 e. The van der Waals surface area contributed by atoms with Crippen molar-refractivity contribution in [2.45, 2.75) is 57.3 Å². The van der Waals surface area contributed by atoms with E-state index in [9.17, 15) is 0 Å². The first-order valence-corrected chi connectivity index (χ1v) is 17.6. The van der Waals surface area contributed by atoms with Gasteiger partial charge in [-0.05, 0) is 39.2 Å². The number of thiocarbonyl (C=S) groups is 1. The number of hydrogen-bond donors (Lipinski definition) is 1. The van der Waals surface area contributed by atoms with Crippen LogP contribution in [0.3, 0.4) is 0 Å². The number of methoxy groups -OCH3 is 2. The van der Waals surface area contributed by atoms with E-state index in [4.69, 9.17) is 35.6 Å². The number of benzene rings is 4. The Morgan fingerprint density at radius 1 is 0.711 bits per heavy atom. The molecule has 1 aliphatic rings. The lowest BCUT2D eigenvalue weighted by molar-refractivity contribution is -0.0612. The van der Waals surface area contributed by atoms with Crippen LogP contribution in [0.5, 0.6) is 11.5 Å². The molecule has 0 aliphatic carbocycles. The fourth-order valence-corrected chi connectivity index (χ4v) is 11.0. The summed E-state index contributed by atoms with van der Waals surface area (Å²) >= 11 is 5.89. The number of hydrogen-bond acceptors (Lipinski definition) is 6. The maximum atomic E-state index is 7.31. The van der Waals surface area contributed by atoms with Gasteiger partial charge < -0.3 is 28.7 Å². The van der Waals surface area contributed by atoms with Crippen LogP contribution in [0.25, 0.3) is 0 Å². The number of para-hydroxylation sites is 1. The third kappa shape index (κ3) is 7.32. The van der Waals surface area contributed by atoms with Crippen LogP contribution >= 0.6 is 12.2 Å². The molecule has 0 spiro atoms. The van der Waals surface area contributed by atoms with Gasteiger partial charge in [-0.25, -0.2) is 0 Å². The van der Waals surface area contributed by atoms with Crippen molar-refractivity contribution in [1.82, 2.24) is 5.32 Å². The molecule has 1 saturated heterocycles. The van der Waals surface area contributed by atoms with Gasteiger partial charge in [0.05, 0.1) is 40.1 Å². The molecule has 236 valence electrons. The Morgan fingerprint density at radius 3 is 1.89 bits per heavy atom. The first kappa shape index (κ1) is 32.8. The Bertz CT molecular complexity index is 1490. The van der Waals surface area contributed by atoms with Crippen molar-refractivity contribution in [2.75, 3.05) is 20.8 Å². The third-order valence-electron chi connectivity index (χ3n) is 8.39. The molecule has 8 heteroatoms. The van der Waals surface area contributed by atoms with E-state index in [2.05, 4.69) is 86.8 Å². The first-order valence-electron chi connectivity index (χ1n) is 15.3. The van der Waals surface area contributed by atoms with Crippen LogP contribution in [0.15, 0.2) is 109 Å². The van der Waals surface area contributed by atoms with Crippen LogP contribution in [0, 0.1) is 0 Å². The summed E-state index contributed by atoms with van der Waals surface area (Å²) in [5.74, 6) is 1.58. The van der Waals surface area contributed by atoms with Crippen molar-refractivity contribution in [3.63, 3.8) is 0 Å². The average molecular weight is 642 g/mol. The molecule has 0 aromatic heterocycles. The van der Waals surface area contributed by atoms with Gasteiger partial charge in [0.15, 0.2) is 0 Å². The van der Waals surface area contributed by atoms with Crippen LogP contribution in [0.1, 0.15) is 31.9 Å². The highest BCUT2D eigenvalue weighted by molar-refractivity contribution is 7.80. The van der Waals surface area contributed by atoms with Crippen LogP contribution in [0.2, 0.25) is 5.04 Å². The topological polar surface area (TPSA) is 58.2 Å². The van der Waals surface area contributed by atoms with Crippen molar-refractivity contribution in [3.05, 3.63) is 120 Å². The Morgan fingerprint density at radius 2 is 1.31 bits per heavy atom. The summed E-state index contributed by atoms with van der Waals surface area (Å²) < 4.78 is 31.4. The summed E-state index contributed by atoms with van der Waals surface area (Å²) in [6.45, 7) is 7.96. The summed E-state index contributed by atoms with van der Waals surface area (Å²) in [5.41, 5.74) is 1.98. The predicted molar refractivity (Wildman–Crippen MR) is 186 cm³/mol. The SMILES string of the molecule is COc1ccc(COC2C(=S)NC(CO[Si](c3ccccc3)(c3ccccc3)C(C)(C)C)C2OCc2ccccc2OC)cc1. The highest BCUT2D eigenvalue weighted by Crippen LogP contribution is 2.37. The van der Waals surface area contributed by atoms with Crippen molar-refractivity contribution in [1.29, 1.82) is 0 Å². The van der Waals surface area contributed by atoms with Gasteiger partial charge in [-0.2, -0.15) is 0 Å². The van der Waals surface area contributed by atoms with Gasteiger partial charge in [0.25, 0.3) is 8.32 Å². The highest BCUT2D eigenvalue weighted by Gasteiger charge is 2.52. The molecule has 1 heterocycles. The second kappa shape index (κ2) is 14.7. The molecule has 6 nitrogen and oxygen atoms in total. The summed E-state index contributed by atoms with van der Waals surface area (Å²) in [5, 5.41) is 5.82. The maximum absolute atomic E-state index is 7.31. The normalized spacial score (nSPS) is 18.4. The monoisotopic (exact) mass is 641 g/mol. The molecule has 45 heavy (non-hydrogen) atoms. The van der Waals surface area contributed by atoms with Crippen LogP contribution in [-0.4, -0.2) is 52.4 Å². The number of rotatable bonds is 13. The molecule has 1 aliphatic heterocycles. The van der Waals surface area contributed by atoms with E-state index in [1.165, 1.54) is 10.4 Å². The van der Waals surface area contributed by atoms with Crippen LogP contribution in [0.4, 0.5) is 0 Å². The van der Waals surface area contributed by atoms with Crippen molar-refractivity contribution in [3.8, 4) is 11.5 Å². The Hall–Kier alpha value is -3.53. The third-order valence-corrected chi connectivity index (χ3v) is 13.7. The minimum atomic E-state index is -2.78. The molecule has 3 unspecified atom stereocenters. The van der Waals surface area contributed by atoms with Crippen molar-refractivity contribution in [2.24, 2.45) is 0 Å². The molecule has 0 amide bonds.